The first kappa shape index (κ1) is 21.6. The van der Waals surface area contributed by atoms with Crippen LogP contribution >= 0.6 is 11.6 Å². The summed E-state index contributed by atoms with van der Waals surface area (Å²) in [5, 5.41) is 3.84. The van der Waals surface area contributed by atoms with Crippen molar-refractivity contribution in [2.24, 2.45) is 7.05 Å². The molecule has 1 aromatic carbocycles. The largest absolute Gasteiger partial charge is 0.480 e. The van der Waals surface area contributed by atoms with Crippen molar-refractivity contribution in [2.45, 2.75) is 4.90 Å². The number of amides is 1. The van der Waals surface area contributed by atoms with Gasteiger partial charge < -0.3 is 14.6 Å². The van der Waals surface area contributed by atoms with Gasteiger partial charge in [-0.15, -0.1) is 0 Å². The number of aryl methyl sites for hydroxylation is 1. The molecule has 2 N–H and O–H groups in total. The average molecular weight is 472 g/mol. The molecule has 4 aromatic rings. The van der Waals surface area contributed by atoms with Crippen LogP contribution in [0.2, 0.25) is 5.02 Å². The number of aromatic nitrogens is 3. The van der Waals surface area contributed by atoms with E-state index in [0.717, 1.165) is 0 Å². The molecule has 0 aliphatic heterocycles. The molecule has 0 saturated carbocycles. The summed E-state index contributed by atoms with van der Waals surface area (Å²) >= 11 is 5.85. The number of nitrogens with one attached hydrogen (secondary N) is 2. The highest BCUT2D eigenvalue weighted by molar-refractivity contribution is 7.92. The molecule has 0 atom stereocenters. The molecule has 0 fully saturated rings. The van der Waals surface area contributed by atoms with E-state index in [9.17, 15) is 13.2 Å². The number of carbonyl (C=O) groups excluding carboxylic acids is 1. The number of hydrogen-bond donors (Lipinski definition) is 2. The SMILES string of the molecule is COc1ncc(NC(=O)c2cn(C)c3ncccc23)cc1S(=O)(=O)Nc1ccc(Cl)cc1. The minimum Gasteiger partial charge on any atom is -0.480 e. The smallest absolute Gasteiger partial charge is 0.267 e. The summed E-state index contributed by atoms with van der Waals surface area (Å²) in [4.78, 5) is 21.0. The van der Waals surface area contributed by atoms with Crippen molar-refractivity contribution in [1.29, 1.82) is 0 Å². The predicted molar refractivity (Wildman–Crippen MR) is 122 cm³/mol. The van der Waals surface area contributed by atoms with Crippen LogP contribution in [0.4, 0.5) is 11.4 Å². The van der Waals surface area contributed by atoms with Crippen molar-refractivity contribution in [3.8, 4) is 5.88 Å². The number of fused-ring (bicyclic) bond motifs is 1. The number of anilines is 2. The van der Waals surface area contributed by atoms with Crippen molar-refractivity contribution in [3.05, 3.63) is 71.6 Å². The second kappa shape index (κ2) is 8.48. The lowest BCUT2D eigenvalue weighted by Gasteiger charge is -2.13. The molecule has 0 bridgehead atoms. The maximum Gasteiger partial charge on any atom is 0.267 e. The molecule has 0 aliphatic rings. The highest BCUT2D eigenvalue weighted by Crippen LogP contribution is 2.28. The van der Waals surface area contributed by atoms with E-state index in [-0.39, 0.29) is 16.5 Å². The minimum atomic E-state index is -4.07. The molecule has 0 aliphatic carbocycles. The lowest BCUT2D eigenvalue weighted by atomic mass is 10.2. The number of sulfonamides is 1. The number of ether oxygens (including phenoxy) is 1. The standard InChI is InChI=1S/C21H18ClN5O4S/c1-27-12-17(16-4-3-9-23-19(16)27)20(28)25-15-10-18(21(31-2)24-11-15)32(29,30)26-14-7-5-13(22)6-8-14/h3-12,26H,1-2H3,(H,25,28). The van der Waals surface area contributed by atoms with Gasteiger partial charge in [-0.1, -0.05) is 11.6 Å². The molecule has 3 aromatic heterocycles. The van der Waals surface area contributed by atoms with E-state index in [1.54, 1.807) is 48.3 Å². The molecular weight excluding hydrogens is 454 g/mol. The first-order chi connectivity index (χ1) is 15.3. The van der Waals surface area contributed by atoms with Crippen molar-refractivity contribution < 1.29 is 17.9 Å². The summed E-state index contributed by atoms with van der Waals surface area (Å²) in [6.07, 6.45) is 4.62. The number of pyridine rings is 2. The third-order valence-electron chi connectivity index (χ3n) is 4.63. The van der Waals surface area contributed by atoms with Gasteiger partial charge in [0.1, 0.15) is 5.65 Å². The van der Waals surface area contributed by atoms with E-state index in [1.807, 2.05) is 0 Å². The fourth-order valence-corrected chi connectivity index (χ4v) is 4.50. The summed E-state index contributed by atoms with van der Waals surface area (Å²) in [5.74, 6) is -0.539. The quantitative estimate of drug-likeness (QED) is 0.443. The van der Waals surface area contributed by atoms with Crippen LogP contribution in [-0.2, 0) is 17.1 Å². The summed E-state index contributed by atoms with van der Waals surface area (Å²) < 4.78 is 35.2. The van der Waals surface area contributed by atoms with Crippen LogP contribution in [0.5, 0.6) is 5.88 Å². The zero-order chi connectivity index (χ0) is 22.9. The van der Waals surface area contributed by atoms with Gasteiger partial charge in [-0.25, -0.2) is 18.4 Å². The summed E-state index contributed by atoms with van der Waals surface area (Å²) in [7, 11) is -0.972. The molecule has 4 rings (SSSR count). The van der Waals surface area contributed by atoms with Gasteiger partial charge in [-0.3, -0.25) is 9.52 Å². The van der Waals surface area contributed by atoms with Crippen molar-refractivity contribution in [2.75, 3.05) is 17.1 Å². The fourth-order valence-electron chi connectivity index (χ4n) is 3.17. The van der Waals surface area contributed by atoms with Crippen LogP contribution in [-0.4, -0.2) is 36.0 Å². The normalized spacial score (nSPS) is 11.3. The van der Waals surface area contributed by atoms with Gasteiger partial charge in [-0.2, -0.15) is 0 Å². The highest BCUT2D eigenvalue weighted by atomic mass is 35.5. The molecule has 3 heterocycles. The van der Waals surface area contributed by atoms with Crippen LogP contribution in [0.3, 0.4) is 0 Å². The molecule has 0 saturated heterocycles. The molecular formula is C21H18ClN5O4S. The Balaban J connectivity index is 1.65. The first-order valence-electron chi connectivity index (χ1n) is 9.32. The van der Waals surface area contributed by atoms with Gasteiger partial charge in [0.25, 0.3) is 15.9 Å². The second-order valence-corrected chi connectivity index (χ2v) is 8.91. The maximum atomic E-state index is 13.0. The molecule has 0 radical (unpaired) electrons. The van der Waals surface area contributed by atoms with Crippen LogP contribution in [0, 0.1) is 0 Å². The van der Waals surface area contributed by atoms with Gasteiger partial charge in [0, 0.05) is 35.5 Å². The topological polar surface area (TPSA) is 115 Å². The fraction of sp³-hybridized carbons (Fsp3) is 0.0952. The molecule has 0 spiro atoms. The summed E-state index contributed by atoms with van der Waals surface area (Å²) in [6.45, 7) is 0. The molecule has 9 nitrogen and oxygen atoms in total. The number of methoxy groups -OCH3 is 1. The van der Waals surface area contributed by atoms with Crippen molar-refractivity contribution in [1.82, 2.24) is 14.5 Å². The van der Waals surface area contributed by atoms with Crippen LogP contribution < -0.4 is 14.8 Å². The zero-order valence-electron chi connectivity index (χ0n) is 17.0. The van der Waals surface area contributed by atoms with E-state index >= 15 is 0 Å². The molecule has 1 amide bonds. The van der Waals surface area contributed by atoms with Crippen LogP contribution in [0.1, 0.15) is 10.4 Å². The minimum absolute atomic E-state index is 0.112. The van der Waals surface area contributed by atoms with Crippen LogP contribution in [0.15, 0.2) is 66.0 Å². The number of hydrogen-bond acceptors (Lipinski definition) is 6. The Morgan fingerprint density at radius 1 is 1.12 bits per heavy atom. The average Bonchev–Trinajstić information content (AvgIpc) is 3.12. The molecule has 11 heteroatoms. The lowest BCUT2D eigenvalue weighted by Crippen LogP contribution is -2.16. The van der Waals surface area contributed by atoms with Gasteiger partial charge in [0.15, 0.2) is 4.90 Å². The van der Waals surface area contributed by atoms with E-state index in [0.29, 0.717) is 27.3 Å². The number of carbonyl (C=O) groups is 1. The Morgan fingerprint density at radius 2 is 1.88 bits per heavy atom. The molecule has 32 heavy (non-hydrogen) atoms. The predicted octanol–water partition coefficient (Wildman–Crippen LogP) is 3.68. The second-order valence-electron chi connectivity index (χ2n) is 6.83. The first-order valence-corrected chi connectivity index (χ1v) is 11.2. The number of halogens is 1. The Labute approximate surface area is 189 Å². The molecule has 0 unspecified atom stereocenters. The number of benzene rings is 1. The highest BCUT2D eigenvalue weighted by Gasteiger charge is 2.23. The summed E-state index contributed by atoms with van der Waals surface area (Å²) in [5.41, 5.74) is 1.55. The van der Waals surface area contributed by atoms with E-state index in [4.69, 9.17) is 16.3 Å². The lowest BCUT2D eigenvalue weighted by molar-refractivity contribution is 0.102. The number of rotatable bonds is 6. The van der Waals surface area contributed by atoms with Gasteiger partial charge in [0.05, 0.1) is 24.6 Å². The van der Waals surface area contributed by atoms with Crippen molar-refractivity contribution in [3.63, 3.8) is 0 Å². The Kier molecular flexibility index (Phi) is 5.72. The van der Waals surface area contributed by atoms with E-state index in [1.165, 1.54) is 31.5 Å². The molecule has 164 valence electrons. The Hall–Kier alpha value is -3.63. The third-order valence-corrected chi connectivity index (χ3v) is 6.26. The van der Waals surface area contributed by atoms with E-state index in [2.05, 4.69) is 20.0 Å². The Morgan fingerprint density at radius 3 is 2.59 bits per heavy atom. The third kappa shape index (κ3) is 4.23. The van der Waals surface area contributed by atoms with E-state index < -0.39 is 15.9 Å². The number of nitrogens with zero attached hydrogens (tertiary/aromatic N) is 3. The van der Waals surface area contributed by atoms with Gasteiger partial charge >= 0.3 is 0 Å². The maximum absolute atomic E-state index is 13.0. The van der Waals surface area contributed by atoms with Gasteiger partial charge in [-0.05, 0) is 42.5 Å². The van der Waals surface area contributed by atoms with Crippen LogP contribution in [0.25, 0.3) is 11.0 Å². The zero-order valence-corrected chi connectivity index (χ0v) is 18.6. The monoisotopic (exact) mass is 471 g/mol. The summed E-state index contributed by atoms with van der Waals surface area (Å²) in [6, 6.07) is 11.0. The van der Waals surface area contributed by atoms with Crippen molar-refractivity contribution >= 4 is 49.9 Å². The Bertz CT molecular complexity index is 1420. The van der Waals surface area contributed by atoms with Gasteiger partial charge in [0.2, 0.25) is 5.88 Å².